The normalized spacial score (nSPS) is 16.9. The zero-order valence-corrected chi connectivity index (χ0v) is 13.7. The van der Waals surface area contributed by atoms with E-state index in [-0.39, 0.29) is 30.4 Å². The van der Waals surface area contributed by atoms with Crippen molar-refractivity contribution < 1.29 is 14.3 Å². The fourth-order valence-corrected chi connectivity index (χ4v) is 2.77. The van der Waals surface area contributed by atoms with E-state index in [1.54, 1.807) is 23.5 Å². The lowest BCUT2D eigenvalue weighted by molar-refractivity contribution is -0.138. The standard InChI is InChI=1S/C16H24N4O3/c1-12(9-14-10-17-5-6-18-14)19-16(22)13-3-7-20(8-4-13)15(21)11-23-2/h5-6,10,12-13H,3-4,7-9,11H2,1-2H3,(H,19,22)/t12-/m0/s1. The number of hydrogen-bond donors (Lipinski definition) is 1. The average Bonchev–Trinajstić information content (AvgIpc) is 2.56. The number of carbonyl (C=O) groups excluding carboxylic acids is 2. The van der Waals surface area contributed by atoms with Crippen molar-refractivity contribution >= 4 is 11.8 Å². The molecule has 1 atom stereocenters. The van der Waals surface area contributed by atoms with E-state index >= 15 is 0 Å². The maximum absolute atomic E-state index is 12.3. The molecule has 0 saturated carbocycles. The highest BCUT2D eigenvalue weighted by molar-refractivity contribution is 5.80. The van der Waals surface area contributed by atoms with Crippen LogP contribution < -0.4 is 5.32 Å². The monoisotopic (exact) mass is 320 g/mol. The average molecular weight is 320 g/mol. The lowest BCUT2D eigenvalue weighted by Crippen LogP contribution is -2.46. The molecular weight excluding hydrogens is 296 g/mol. The Kier molecular flexibility index (Phi) is 6.46. The zero-order chi connectivity index (χ0) is 16.7. The van der Waals surface area contributed by atoms with Crippen molar-refractivity contribution in [2.75, 3.05) is 26.8 Å². The van der Waals surface area contributed by atoms with Crippen LogP contribution in [0.15, 0.2) is 18.6 Å². The van der Waals surface area contributed by atoms with E-state index in [2.05, 4.69) is 15.3 Å². The van der Waals surface area contributed by atoms with Crippen LogP contribution in [0.5, 0.6) is 0 Å². The Labute approximate surface area is 136 Å². The van der Waals surface area contributed by atoms with Crippen LogP contribution >= 0.6 is 0 Å². The first kappa shape index (κ1) is 17.3. The molecule has 7 nitrogen and oxygen atoms in total. The summed E-state index contributed by atoms with van der Waals surface area (Å²) in [7, 11) is 1.51. The Balaban J connectivity index is 1.75. The summed E-state index contributed by atoms with van der Waals surface area (Å²) in [6.07, 6.45) is 7.04. The van der Waals surface area contributed by atoms with E-state index in [1.807, 2.05) is 6.92 Å². The summed E-state index contributed by atoms with van der Waals surface area (Å²) < 4.78 is 4.86. The minimum absolute atomic E-state index is 0.00681. The van der Waals surface area contributed by atoms with Gasteiger partial charge in [0.2, 0.25) is 11.8 Å². The van der Waals surface area contributed by atoms with Crippen molar-refractivity contribution in [1.29, 1.82) is 0 Å². The lowest BCUT2D eigenvalue weighted by Gasteiger charge is -2.31. The predicted octanol–water partition coefficient (Wildman–Crippen LogP) is 0.409. The Morgan fingerprint density at radius 1 is 1.39 bits per heavy atom. The molecule has 23 heavy (non-hydrogen) atoms. The number of hydrogen-bond acceptors (Lipinski definition) is 5. The molecule has 0 aliphatic carbocycles. The molecule has 2 amide bonds. The van der Waals surface area contributed by atoms with Gasteiger partial charge in [0, 0.05) is 57.2 Å². The van der Waals surface area contributed by atoms with Gasteiger partial charge in [-0.3, -0.25) is 19.6 Å². The molecule has 1 saturated heterocycles. The van der Waals surface area contributed by atoms with E-state index in [0.29, 0.717) is 32.4 Å². The number of piperidine rings is 1. The van der Waals surface area contributed by atoms with Gasteiger partial charge in [0.25, 0.3) is 0 Å². The first-order valence-electron chi connectivity index (χ1n) is 7.92. The van der Waals surface area contributed by atoms with Crippen LogP contribution in [0, 0.1) is 5.92 Å². The summed E-state index contributed by atoms with van der Waals surface area (Å²) in [5.41, 5.74) is 0.861. The van der Waals surface area contributed by atoms with Crippen LogP contribution in [0.25, 0.3) is 0 Å². The summed E-state index contributed by atoms with van der Waals surface area (Å²) in [6.45, 7) is 3.29. The van der Waals surface area contributed by atoms with Crippen molar-refractivity contribution in [1.82, 2.24) is 20.2 Å². The topological polar surface area (TPSA) is 84.4 Å². The highest BCUT2D eigenvalue weighted by atomic mass is 16.5. The van der Waals surface area contributed by atoms with E-state index in [1.165, 1.54) is 7.11 Å². The first-order chi connectivity index (χ1) is 11.1. The summed E-state index contributed by atoms with van der Waals surface area (Å²) in [5.74, 6) is 0.00788. The number of rotatable bonds is 6. The van der Waals surface area contributed by atoms with Crippen molar-refractivity contribution in [3.8, 4) is 0 Å². The van der Waals surface area contributed by atoms with Gasteiger partial charge in [0.1, 0.15) is 6.61 Å². The van der Waals surface area contributed by atoms with Crippen molar-refractivity contribution in [2.45, 2.75) is 32.2 Å². The number of ether oxygens (including phenoxy) is 1. The summed E-state index contributed by atoms with van der Waals surface area (Å²) in [6, 6.07) is 0.00681. The maximum Gasteiger partial charge on any atom is 0.248 e. The van der Waals surface area contributed by atoms with Gasteiger partial charge in [-0.1, -0.05) is 0 Å². The molecule has 0 radical (unpaired) electrons. The molecule has 126 valence electrons. The third-order valence-corrected chi connectivity index (χ3v) is 4.01. The molecule has 1 aliphatic heterocycles. The van der Waals surface area contributed by atoms with E-state index in [9.17, 15) is 9.59 Å². The molecule has 1 N–H and O–H groups in total. The second-order valence-corrected chi connectivity index (χ2v) is 5.90. The minimum Gasteiger partial charge on any atom is -0.375 e. The quantitative estimate of drug-likeness (QED) is 0.820. The molecule has 0 spiro atoms. The summed E-state index contributed by atoms with van der Waals surface area (Å²) >= 11 is 0. The van der Waals surface area contributed by atoms with Crippen LogP contribution in [-0.4, -0.2) is 59.5 Å². The number of nitrogens with one attached hydrogen (secondary N) is 1. The van der Waals surface area contributed by atoms with E-state index < -0.39 is 0 Å². The number of methoxy groups -OCH3 is 1. The van der Waals surface area contributed by atoms with Gasteiger partial charge in [-0.25, -0.2) is 0 Å². The minimum atomic E-state index is -0.0362. The van der Waals surface area contributed by atoms with Crippen LogP contribution in [0.1, 0.15) is 25.5 Å². The molecule has 2 rings (SSSR count). The molecule has 1 aromatic rings. The molecule has 1 fully saturated rings. The Hall–Kier alpha value is -2.02. The number of likely N-dealkylation sites (tertiary alicyclic amines) is 1. The van der Waals surface area contributed by atoms with Crippen molar-refractivity contribution in [2.24, 2.45) is 5.92 Å². The fourth-order valence-electron chi connectivity index (χ4n) is 2.77. The van der Waals surface area contributed by atoms with Crippen molar-refractivity contribution in [3.05, 3.63) is 24.3 Å². The van der Waals surface area contributed by atoms with Gasteiger partial charge in [-0.05, 0) is 19.8 Å². The number of amides is 2. The second kappa shape index (κ2) is 8.57. The number of aromatic nitrogens is 2. The van der Waals surface area contributed by atoms with Crippen molar-refractivity contribution in [3.63, 3.8) is 0 Å². The second-order valence-electron chi connectivity index (χ2n) is 5.90. The third kappa shape index (κ3) is 5.28. The molecule has 0 aromatic carbocycles. The third-order valence-electron chi connectivity index (χ3n) is 4.01. The SMILES string of the molecule is COCC(=O)N1CCC(C(=O)N[C@@H](C)Cc2cnccn2)CC1. The Morgan fingerprint density at radius 2 is 2.13 bits per heavy atom. The van der Waals surface area contributed by atoms with Gasteiger partial charge < -0.3 is 15.0 Å². The summed E-state index contributed by atoms with van der Waals surface area (Å²) in [4.78, 5) is 34.1. The van der Waals surface area contributed by atoms with Gasteiger partial charge in [0.05, 0.1) is 5.69 Å². The van der Waals surface area contributed by atoms with Crippen LogP contribution in [-0.2, 0) is 20.7 Å². The van der Waals surface area contributed by atoms with E-state index in [0.717, 1.165) is 5.69 Å². The van der Waals surface area contributed by atoms with E-state index in [4.69, 9.17) is 4.74 Å². The highest BCUT2D eigenvalue weighted by Gasteiger charge is 2.27. The van der Waals surface area contributed by atoms with Gasteiger partial charge in [-0.15, -0.1) is 0 Å². The fraction of sp³-hybridized carbons (Fsp3) is 0.625. The number of nitrogens with zero attached hydrogens (tertiary/aromatic N) is 3. The van der Waals surface area contributed by atoms with Gasteiger partial charge >= 0.3 is 0 Å². The molecule has 7 heteroatoms. The Morgan fingerprint density at radius 3 is 2.74 bits per heavy atom. The lowest BCUT2D eigenvalue weighted by atomic mass is 9.95. The molecule has 2 heterocycles. The number of carbonyl (C=O) groups is 2. The van der Waals surface area contributed by atoms with Crippen LogP contribution in [0.3, 0.4) is 0 Å². The smallest absolute Gasteiger partial charge is 0.248 e. The Bertz CT molecular complexity index is 515. The molecule has 1 aromatic heterocycles. The molecule has 1 aliphatic rings. The molecule has 0 bridgehead atoms. The molecule has 0 unspecified atom stereocenters. The maximum atomic E-state index is 12.3. The van der Waals surface area contributed by atoms with Gasteiger partial charge in [-0.2, -0.15) is 0 Å². The predicted molar refractivity (Wildman–Crippen MR) is 84.5 cm³/mol. The largest absolute Gasteiger partial charge is 0.375 e. The van der Waals surface area contributed by atoms with Crippen LogP contribution in [0.4, 0.5) is 0 Å². The zero-order valence-electron chi connectivity index (χ0n) is 13.7. The first-order valence-corrected chi connectivity index (χ1v) is 7.92. The summed E-state index contributed by atoms with van der Waals surface area (Å²) in [5, 5.41) is 3.03. The molecular formula is C16H24N4O3. The van der Waals surface area contributed by atoms with Crippen LogP contribution in [0.2, 0.25) is 0 Å². The van der Waals surface area contributed by atoms with Gasteiger partial charge in [0.15, 0.2) is 0 Å². The highest BCUT2D eigenvalue weighted by Crippen LogP contribution is 2.18.